The normalized spacial score (nSPS) is 21.4. The Hall–Kier alpha value is -0.0800. The van der Waals surface area contributed by atoms with Gasteiger partial charge in [-0.25, -0.2) is 0 Å². The van der Waals surface area contributed by atoms with Gasteiger partial charge in [0.05, 0.1) is 0 Å². The quantitative estimate of drug-likeness (QED) is 0.703. The summed E-state index contributed by atoms with van der Waals surface area (Å²) in [5.74, 6) is 0.949. The van der Waals surface area contributed by atoms with Crippen LogP contribution >= 0.6 is 0 Å². The molecule has 1 atom stereocenters. The van der Waals surface area contributed by atoms with Crippen molar-refractivity contribution < 1.29 is 0 Å². The van der Waals surface area contributed by atoms with Crippen molar-refractivity contribution in [2.45, 2.75) is 58.4 Å². The Labute approximate surface area is 95.2 Å². The molecular formula is C13H28N2. The highest BCUT2D eigenvalue weighted by Crippen LogP contribution is 2.35. The molecule has 0 aromatic rings. The van der Waals surface area contributed by atoms with Crippen molar-refractivity contribution in [2.75, 3.05) is 19.6 Å². The fourth-order valence-corrected chi connectivity index (χ4v) is 2.74. The molecule has 2 N–H and O–H groups in total. The van der Waals surface area contributed by atoms with Gasteiger partial charge in [0.15, 0.2) is 0 Å². The van der Waals surface area contributed by atoms with Crippen LogP contribution in [0.3, 0.4) is 0 Å². The van der Waals surface area contributed by atoms with Crippen LogP contribution in [0.25, 0.3) is 0 Å². The van der Waals surface area contributed by atoms with Crippen LogP contribution in [0, 0.1) is 5.92 Å². The van der Waals surface area contributed by atoms with Gasteiger partial charge in [-0.3, -0.25) is 4.90 Å². The maximum atomic E-state index is 6.00. The van der Waals surface area contributed by atoms with E-state index in [0.717, 1.165) is 19.0 Å². The first kappa shape index (κ1) is 13.0. The number of nitrogens with zero attached hydrogens (tertiary/aromatic N) is 1. The summed E-state index contributed by atoms with van der Waals surface area (Å²) in [6.07, 6.45) is 6.83. The van der Waals surface area contributed by atoms with Gasteiger partial charge in [0, 0.05) is 12.1 Å². The van der Waals surface area contributed by atoms with Crippen molar-refractivity contribution >= 4 is 0 Å². The zero-order chi connectivity index (χ0) is 11.3. The molecule has 0 aromatic carbocycles. The molecule has 0 aromatic heterocycles. The van der Waals surface area contributed by atoms with E-state index in [-0.39, 0.29) is 5.54 Å². The molecule has 90 valence electrons. The summed E-state index contributed by atoms with van der Waals surface area (Å²) in [6.45, 7) is 9.99. The van der Waals surface area contributed by atoms with Crippen molar-refractivity contribution in [1.29, 1.82) is 0 Å². The molecular weight excluding hydrogens is 184 g/mol. The lowest BCUT2D eigenvalue weighted by molar-refractivity contribution is 0.0726. The van der Waals surface area contributed by atoms with E-state index in [2.05, 4.69) is 25.7 Å². The smallest absolute Gasteiger partial charge is 0.0306 e. The third-order valence-corrected chi connectivity index (χ3v) is 4.03. The van der Waals surface area contributed by atoms with E-state index < -0.39 is 0 Å². The lowest BCUT2D eigenvalue weighted by Crippen LogP contribution is -2.53. The summed E-state index contributed by atoms with van der Waals surface area (Å²) in [5.41, 5.74) is 6.25. The summed E-state index contributed by atoms with van der Waals surface area (Å²) in [6, 6.07) is 0. The molecule has 0 heterocycles. The van der Waals surface area contributed by atoms with E-state index in [9.17, 15) is 0 Å². The minimum Gasteiger partial charge on any atom is -0.329 e. The van der Waals surface area contributed by atoms with Crippen molar-refractivity contribution in [3.05, 3.63) is 0 Å². The second kappa shape index (κ2) is 5.86. The van der Waals surface area contributed by atoms with Crippen LogP contribution in [0.5, 0.6) is 0 Å². The summed E-state index contributed by atoms with van der Waals surface area (Å²) < 4.78 is 0. The second-order valence-electron chi connectivity index (χ2n) is 5.28. The van der Waals surface area contributed by atoms with E-state index in [1.807, 2.05) is 0 Å². The molecule has 1 aliphatic carbocycles. The van der Waals surface area contributed by atoms with Gasteiger partial charge < -0.3 is 5.73 Å². The average Bonchev–Trinajstić information content (AvgIpc) is 2.19. The van der Waals surface area contributed by atoms with Crippen LogP contribution in [-0.2, 0) is 0 Å². The third-order valence-electron chi connectivity index (χ3n) is 4.03. The Kier molecular flexibility index (Phi) is 5.07. The van der Waals surface area contributed by atoms with E-state index in [1.165, 1.54) is 38.6 Å². The predicted molar refractivity (Wildman–Crippen MR) is 67.0 cm³/mol. The molecule has 2 heteroatoms. The highest BCUT2D eigenvalue weighted by atomic mass is 15.2. The molecule has 0 aliphatic heterocycles. The molecule has 0 radical (unpaired) electrons. The number of hydrogen-bond acceptors (Lipinski definition) is 2. The number of nitrogens with two attached hydrogens (primary N) is 1. The van der Waals surface area contributed by atoms with Gasteiger partial charge in [-0.1, -0.05) is 33.1 Å². The molecule has 0 spiro atoms. The van der Waals surface area contributed by atoms with E-state index in [1.54, 1.807) is 0 Å². The largest absolute Gasteiger partial charge is 0.329 e. The molecule has 1 fully saturated rings. The van der Waals surface area contributed by atoms with Gasteiger partial charge in [-0.15, -0.1) is 0 Å². The number of hydrogen-bond donors (Lipinski definition) is 1. The van der Waals surface area contributed by atoms with Crippen molar-refractivity contribution in [3.63, 3.8) is 0 Å². The molecule has 0 saturated heterocycles. The van der Waals surface area contributed by atoms with Crippen molar-refractivity contribution in [2.24, 2.45) is 11.7 Å². The third kappa shape index (κ3) is 3.18. The Bertz CT molecular complexity index is 177. The van der Waals surface area contributed by atoms with Crippen molar-refractivity contribution in [1.82, 2.24) is 4.90 Å². The van der Waals surface area contributed by atoms with E-state index in [4.69, 9.17) is 5.73 Å². The minimum atomic E-state index is 0.246. The first-order valence-electron chi connectivity index (χ1n) is 6.61. The van der Waals surface area contributed by atoms with Crippen molar-refractivity contribution in [3.8, 4) is 0 Å². The average molecular weight is 212 g/mol. The molecule has 1 saturated carbocycles. The number of likely N-dealkylation sites (N-methyl/N-ethyl adjacent to an activating group) is 1. The Morgan fingerprint density at radius 1 is 1.33 bits per heavy atom. The molecule has 1 unspecified atom stereocenters. The van der Waals surface area contributed by atoms with E-state index >= 15 is 0 Å². The summed E-state index contributed by atoms with van der Waals surface area (Å²) >= 11 is 0. The monoisotopic (exact) mass is 212 g/mol. The Morgan fingerprint density at radius 3 is 2.33 bits per heavy atom. The van der Waals surface area contributed by atoms with Crippen LogP contribution in [0.4, 0.5) is 0 Å². The zero-order valence-corrected chi connectivity index (χ0v) is 10.8. The topological polar surface area (TPSA) is 29.3 Å². The van der Waals surface area contributed by atoms with Crippen LogP contribution < -0.4 is 5.73 Å². The number of rotatable bonds is 7. The van der Waals surface area contributed by atoms with Crippen LogP contribution in [-0.4, -0.2) is 30.1 Å². The maximum Gasteiger partial charge on any atom is 0.0306 e. The summed E-state index contributed by atoms with van der Waals surface area (Å²) in [7, 11) is 0. The molecule has 0 amide bonds. The highest BCUT2D eigenvalue weighted by molar-refractivity contribution is 4.90. The summed E-state index contributed by atoms with van der Waals surface area (Å²) in [4.78, 5) is 2.57. The van der Waals surface area contributed by atoms with Crippen LogP contribution in [0.15, 0.2) is 0 Å². The first-order valence-corrected chi connectivity index (χ1v) is 6.61. The molecule has 0 bridgehead atoms. The standard InChI is InChI=1S/C13H28N2/c1-4-9-15(5-2)13(3,11-14)10-12-7-6-8-12/h12H,4-11,14H2,1-3H3. The van der Waals surface area contributed by atoms with Gasteiger partial charge in [0.25, 0.3) is 0 Å². The fraction of sp³-hybridized carbons (Fsp3) is 1.00. The summed E-state index contributed by atoms with van der Waals surface area (Å²) in [5, 5.41) is 0. The lowest BCUT2D eigenvalue weighted by Gasteiger charge is -2.44. The van der Waals surface area contributed by atoms with Gasteiger partial charge in [0.1, 0.15) is 0 Å². The zero-order valence-electron chi connectivity index (χ0n) is 10.8. The molecule has 1 rings (SSSR count). The van der Waals surface area contributed by atoms with Gasteiger partial charge in [-0.2, -0.15) is 0 Å². The minimum absolute atomic E-state index is 0.246. The Morgan fingerprint density at radius 2 is 2.00 bits per heavy atom. The van der Waals surface area contributed by atoms with Gasteiger partial charge >= 0.3 is 0 Å². The van der Waals surface area contributed by atoms with Gasteiger partial charge in [0.2, 0.25) is 0 Å². The molecule has 1 aliphatic rings. The van der Waals surface area contributed by atoms with Crippen LogP contribution in [0.1, 0.15) is 52.9 Å². The predicted octanol–water partition coefficient (Wildman–Crippen LogP) is 2.63. The molecule has 15 heavy (non-hydrogen) atoms. The lowest BCUT2D eigenvalue weighted by atomic mass is 9.76. The van der Waals surface area contributed by atoms with Gasteiger partial charge in [-0.05, 0) is 38.8 Å². The molecule has 2 nitrogen and oxygen atoms in total. The highest BCUT2D eigenvalue weighted by Gasteiger charge is 2.33. The SMILES string of the molecule is CCCN(CC)C(C)(CN)CC1CCC1. The van der Waals surface area contributed by atoms with Crippen LogP contribution in [0.2, 0.25) is 0 Å². The fourth-order valence-electron chi connectivity index (χ4n) is 2.74. The maximum absolute atomic E-state index is 6.00. The Balaban J connectivity index is 2.53. The second-order valence-corrected chi connectivity index (χ2v) is 5.28. The van der Waals surface area contributed by atoms with E-state index in [0.29, 0.717) is 0 Å². The first-order chi connectivity index (χ1) is 7.16.